The summed E-state index contributed by atoms with van der Waals surface area (Å²) in [6.45, 7) is 0.276. The Morgan fingerprint density at radius 1 is 1.41 bits per heavy atom. The van der Waals surface area contributed by atoms with E-state index in [1.807, 2.05) is 7.05 Å². The molecule has 0 aliphatic heterocycles. The number of nitrogens with one attached hydrogen (secondary N) is 1. The van der Waals surface area contributed by atoms with Crippen LogP contribution in [0.1, 0.15) is 5.82 Å². The summed E-state index contributed by atoms with van der Waals surface area (Å²) < 4.78 is 28.0. The number of nitrogens with zero attached hydrogens (tertiary/aromatic N) is 3. The second-order valence-corrected chi connectivity index (χ2v) is 3.49. The summed E-state index contributed by atoms with van der Waals surface area (Å²) in [6, 6.07) is 0.698. The summed E-state index contributed by atoms with van der Waals surface area (Å²) in [4.78, 5) is 7.63. The third-order valence-corrected chi connectivity index (χ3v) is 2.29. The zero-order chi connectivity index (χ0) is 12.4. The maximum atomic E-state index is 13.3. The largest absolute Gasteiger partial charge is 0.381 e. The van der Waals surface area contributed by atoms with Gasteiger partial charge in [-0.3, -0.25) is 0 Å². The maximum Gasteiger partial charge on any atom is 0.168 e. The molecule has 0 aromatic carbocycles. The Balaban J connectivity index is 2.14. The van der Waals surface area contributed by atoms with Crippen LogP contribution in [0.25, 0.3) is 0 Å². The predicted molar refractivity (Wildman–Crippen MR) is 59.1 cm³/mol. The summed E-state index contributed by atoms with van der Waals surface area (Å²) in [5.41, 5.74) is 5.25. The second kappa shape index (κ2) is 4.36. The lowest BCUT2D eigenvalue weighted by atomic mass is 10.4. The zero-order valence-electron chi connectivity index (χ0n) is 9.11. The molecule has 2 aromatic rings. The van der Waals surface area contributed by atoms with Crippen molar-refractivity contribution in [3.05, 3.63) is 35.9 Å². The van der Waals surface area contributed by atoms with Crippen LogP contribution >= 0.6 is 0 Å². The lowest BCUT2D eigenvalue weighted by Crippen LogP contribution is -2.09. The first-order valence-corrected chi connectivity index (χ1v) is 4.89. The molecule has 7 heteroatoms. The molecule has 0 saturated carbocycles. The van der Waals surface area contributed by atoms with Crippen LogP contribution in [0.15, 0.2) is 18.5 Å². The van der Waals surface area contributed by atoms with E-state index in [9.17, 15) is 8.78 Å². The van der Waals surface area contributed by atoms with E-state index in [-0.39, 0.29) is 18.2 Å². The Morgan fingerprint density at radius 3 is 2.82 bits per heavy atom. The predicted octanol–water partition coefficient (Wildman–Crippen LogP) is 1.29. The van der Waals surface area contributed by atoms with E-state index in [1.165, 1.54) is 0 Å². The first-order chi connectivity index (χ1) is 8.08. The Labute approximate surface area is 96.3 Å². The van der Waals surface area contributed by atoms with Crippen molar-refractivity contribution in [3.8, 4) is 0 Å². The number of aryl methyl sites for hydroxylation is 1. The van der Waals surface area contributed by atoms with E-state index in [4.69, 9.17) is 5.73 Å². The summed E-state index contributed by atoms with van der Waals surface area (Å²) in [5, 5.41) is 2.71. The van der Waals surface area contributed by atoms with Crippen LogP contribution in [0.2, 0.25) is 0 Å². The SMILES string of the molecule is Cn1ccnc1CNc1nc(N)c(F)cc1F. The third-order valence-electron chi connectivity index (χ3n) is 2.29. The molecule has 2 heterocycles. The Hall–Kier alpha value is -2.18. The number of halogens is 2. The highest BCUT2D eigenvalue weighted by Crippen LogP contribution is 2.16. The highest BCUT2D eigenvalue weighted by molar-refractivity contribution is 5.44. The molecule has 0 fully saturated rings. The molecule has 5 nitrogen and oxygen atoms in total. The topological polar surface area (TPSA) is 68.8 Å². The fourth-order valence-electron chi connectivity index (χ4n) is 1.33. The van der Waals surface area contributed by atoms with Crippen LogP contribution in [0.5, 0.6) is 0 Å². The average molecular weight is 239 g/mol. The number of nitrogen functional groups attached to an aromatic ring is 1. The molecule has 0 aliphatic carbocycles. The van der Waals surface area contributed by atoms with E-state index in [0.717, 1.165) is 0 Å². The first-order valence-electron chi connectivity index (χ1n) is 4.89. The highest BCUT2D eigenvalue weighted by Gasteiger charge is 2.10. The van der Waals surface area contributed by atoms with E-state index in [0.29, 0.717) is 11.9 Å². The van der Waals surface area contributed by atoms with E-state index >= 15 is 0 Å². The normalized spacial score (nSPS) is 10.5. The minimum atomic E-state index is -0.870. The standard InChI is InChI=1S/C10H11F2N5/c1-17-3-2-14-8(17)5-15-10-7(12)4-6(11)9(13)16-10/h2-4H,5H2,1H3,(H3,13,15,16). The fourth-order valence-corrected chi connectivity index (χ4v) is 1.33. The van der Waals surface area contributed by atoms with Crippen molar-refractivity contribution in [2.45, 2.75) is 6.54 Å². The third kappa shape index (κ3) is 2.32. The smallest absolute Gasteiger partial charge is 0.168 e. The number of aromatic nitrogens is 3. The molecule has 0 atom stereocenters. The van der Waals surface area contributed by atoms with Gasteiger partial charge in [0.25, 0.3) is 0 Å². The molecule has 2 aromatic heterocycles. The molecule has 2 rings (SSSR count). The lowest BCUT2D eigenvalue weighted by molar-refractivity contribution is 0.579. The van der Waals surface area contributed by atoms with E-state index < -0.39 is 11.6 Å². The number of pyridine rings is 1. The van der Waals surface area contributed by atoms with Crippen molar-refractivity contribution in [2.75, 3.05) is 11.1 Å². The van der Waals surface area contributed by atoms with Crippen molar-refractivity contribution < 1.29 is 8.78 Å². The van der Waals surface area contributed by atoms with Gasteiger partial charge in [-0.2, -0.15) is 0 Å². The summed E-state index contributed by atoms with van der Waals surface area (Å²) in [7, 11) is 1.81. The van der Waals surface area contributed by atoms with Gasteiger partial charge in [0.1, 0.15) is 5.82 Å². The van der Waals surface area contributed by atoms with Crippen LogP contribution < -0.4 is 11.1 Å². The average Bonchev–Trinajstić information content (AvgIpc) is 2.68. The van der Waals surface area contributed by atoms with Gasteiger partial charge >= 0.3 is 0 Å². The molecule has 0 saturated heterocycles. The molecule has 0 unspecified atom stereocenters. The summed E-state index contributed by atoms with van der Waals surface area (Å²) in [5.74, 6) is -1.38. The Kier molecular flexibility index (Phi) is 2.90. The zero-order valence-corrected chi connectivity index (χ0v) is 9.11. The Morgan fingerprint density at radius 2 is 2.18 bits per heavy atom. The highest BCUT2D eigenvalue weighted by atomic mass is 19.1. The van der Waals surface area contributed by atoms with Crippen LogP contribution in [0.4, 0.5) is 20.4 Å². The van der Waals surface area contributed by atoms with Gasteiger partial charge in [0.2, 0.25) is 0 Å². The molecule has 0 amide bonds. The van der Waals surface area contributed by atoms with E-state index in [2.05, 4.69) is 15.3 Å². The number of rotatable bonds is 3. The van der Waals surface area contributed by atoms with Crippen molar-refractivity contribution >= 4 is 11.6 Å². The molecule has 17 heavy (non-hydrogen) atoms. The van der Waals surface area contributed by atoms with Crippen molar-refractivity contribution in [3.63, 3.8) is 0 Å². The number of nitrogens with two attached hydrogens (primary N) is 1. The second-order valence-electron chi connectivity index (χ2n) is 3.49. The number of imidazole rings is 1. The van der Waals surface area contributed by atoms with Crippen LogP contribution in [-0.4, -0.2) is 14.5 Å². The van der Waals surface area contributed by atoms with Gasteiger partial charge in [0.15, 0.2) is 23.3 Å². The fraction of sp³-hybridized carbons (Fsp3) is 0.200. The van der Waals surface area contributed by atoms with Gasteiger partial charge in [-0.1, -0.05) is 0 Å². The number of hydrogen-bond acceptors (Lipinski definition) is 4. The Bertz CT molecular complexity index is 537. The number of hydrogen-bond donors (Lipinski definition) is 2. The van der Waals surface area contributed by atoms with Gasteiger partial charge in [0, 0.05) is 25.5 Å². The van der Waals surface area contributed by atoms with Gasteiger partial charge < -0.3 is 15.6 Å². The first kappa shape index (κ1) is 11.3. The minimum absolute atomic E-state index is 0.0908. The maximum absolute atomic E-state index is 13.3. The van der Waals surface area contributed by atoms with Crippen LogP contribution in [0, 0.1) is 11.6 Å². The summed E-state index contributed by atoms with van der Waals surface area (Å²) in [6.07, 6.45) is 3.39. The van der Waals surface area contributed by atoms with Crippen molar-refractivity contribution in [1.82, 2.24) is 14.5 Å². The molecular weight excluding hydrogens is 228 g/mol. The lowest BCUT2D eigenvalue weighted by Gasteiger charge is -2.07. The molecule has 0 spiro atoms. The van der Waals surface area contributed by atoms with Gasteiger partial charge in [0.05, 0.1) is 6.54 Å². The quantitative estimate of drug-likeness (QED) is 0.846. The molecule has 90 valence electrons. The molecule has 0 aliphatic rings. The summed E-state index contributed by atoms with van der Waals surface area (Å²) >= 11 is 0. The van der Waals surface area contributed by atoms with Crippen LogP contribution in [-0.2, 0) is 13.6 Å². The van der Waals surface area contributed by atoms with E-state index in [1.54, 1.807) is 17.0 Å². The van der Waals surface area contributed by atoms with Crippen LogP contribution in [0.3, 0.4) is 0 Å². The van der Waals surface area contributed by atoms with Crippen molar-refractivity contribution in [1.29, 1.82) is 0 Å². The number of anilines is 2. The molecule has 3 N–H and O–H groups in total. The minimum Gasteiger partial charge on any atom is -0.381 e. The molecule has 0 bridgehead atoms. The van der Waals surface area contributed by atoms with Gasteiger partial charge in [-0.15, -0.1) is 0 Å². The van der Waals surface area contributed by atoms with Gasteiger partial charge in [-0.25, -0.2) is 18.7 Å². The van der Waals surface area contributed by atoms with Crippen molar-refractivity contribution in [2.24, 2.45) is 7.05 Å². The molecule has 0 radical (unpaired) electrons. The molecular formula is C10H11F2N5. The monoisotopic (exact) mass is 239 g/mol. The van der Waals surface area contributed by atoms with Gasteiger partial charge in [-0.05, 0) is 0 Å².